The van der Waals surface area contributed by atoms with Crippen LogP contribution in [-0.2, 0) is 6.54 Å². The highest BCUT2D eigenvalue weighted by atomic mass is 35.5. The summed E-state index contributed by atoms with van der Waals surface area (Å²) in [5.41, 5.74) is 12.7. The predicted molar refractivity (Wildman–Crippen MR) is 70.4 cm³/mol. The van der Waals surface area contributed by atoms with Gasteiger partial charge in [0.25, 0.3) is 0 Å². The molecule has 1 aromatic carbocycles. The molecule has 0 fully saturated rings. The van der Waals surface area contributed by atoms with Crippen LogP contribution in [0.3, 0.4) is 0 Å². The minimum Gasteiger partial charge on any atom is -0.383 e. The number of nitrogens with one attached hydrogen (secondary N) is 1. The Hall–Kier alpha value is -2.01. The number of hydrogen-bond acceptors (Lipinski definition) is 3. The van der Waals surface area contributed by atoms with Gasteiger partial charge < -0.3 is 16.0 Å². The Kier molecular flexibility index (Phi) is 4.12. The monoisotopic (exact) mass is 251 g/mol. The summed E-state index contributed by atoms with van der Waals surface area (Å²) in [6.07, 6.45) is 1.60. The van der Waals surface area contributed by atoms with Gasteiger partial charge in [-0.25, -0.2) is 4.98 Å². The Balaban J connectivity index is 0.00000144. The van der Waals surface area contributed by atoms with Gasteiger partial charge in [-0.2, -0.15) is 0 Å². The molecule has 90 valence electrons. The molecule has 6 heteroatoms. The van der Waals surface area contributed by atoms with E-state index in [0.717, 1.165) is 5.56 Å². The van der Waals surface area contributed by atoms with Crippen LogP contribution in [0.1, 0.15) is 11.3 Å². The maximum Gasteiger partial charge on any atom is 0.146 e. The topological polar surface area (TPSA) is 93.7 Å². The lowest BCUT2D eigenvalue weighted by Crippen LogP contribution is -2.14. The van der Waals surface area contributed by atoms with Crippen molar-refractivity contribution in [1.29, 1.82) is 5.41 Å². The molecule has 0 saturated heterocycles. The van der Waals surface area contributed by atoms with Crippen LogP contribution in [-0.4, -0.2) is 15.4 Å². The largest absolute Gasteiger partial charge is 0.383 e. The van der Waals surface area contributed by atoms with E-state index in [1.54, 1.807) is 10.9 Å². The maximum absolute atomic E-state index is 7.29. The Morgan fingerprint density at radius 1 is 1.29 bits per heavy atom. The first kappa shape index (κ1) is 13.1. The Labute approximate surface area is 105 Å². The molecule has 0 radical (unpaired) electrons. The van der Waals surface area contributed by atoms with Crippen LogP contribution >= 0.6 is 12.4 Å². The molecular formula is C11H14ClN5. The van der Waals surface area contributed by atoms with Crippen molar-refractivity contribution < 1.29 is 0 Å². The van der Waals surface area contributed by atoms with Crippen LogP contribution in [0.25, 0.3) is 0 Å². The number of amidine groups is 1. The molecule has 0 atom stereocenters. The fourth-order valence-electron chi connectivity index (χ4n) is 1.51. The average molecular weight is 252 g/mol. The van der Waals surface area contributed by atoms with E-state index in [0.29, 0.717) is 18.1 Å². The highest BCUT2D eigenvalue weighted by molar-refractivity contribution is 5.97. The van der Waals surface area contributed by atoms with E-state index in [2.05, 4.69) is 4.98 Å². The molecular weight excluding hydrogens is 238 g/mol. The fourth-order valence-corrected chi connectivity index (χ4v) is 1.51. The van der Waals surface area contributed by atoms with Gasteiger partial charge in [-0.05, 0) is 5.56 Å². The number of aromatic nitrogens is 2. The third-order valence-electron chi connectivity index (χ3n) is 2.33. The number of nitrogens with zero attached hydrogens (tertiary/aromatic N) is 2. The van der Waals surface area contributed by atoms with Gasteiger partial charge in [0.15, 0.2) is 0 Å². The standard InChI is InChI=1S/C11H13N5.ClH/c12-10(13)9-11(14)16(7-15-9)6-8-4-2-1-3-5-8;/h1-5,7H,6,14H2,(H3,12,13);1H. The number of benzene rings is 1. The van der Waals surface area contributed by atoms with Crippen LogP contribution in [0, 0.1) is 5.41 Å². The first-order valence-electron chi connectivity index (χ1n) is 4.87. The van der Waals surface area contributed by atoms with Crippen molar-refractivity contribution in [1.82, 2.24) is 9.55 Å². The summed E-state index contributed by atoms with van der Waals surface area (Å²) in [6, 6.07) is 9.91. The molecule has 2 rings (SSSR count). The Morgan fingerprint density at radius 3 is 2.47 bits per heavy atom. The van der Waals surface area contributed by atoms with Gasteiger partial charge in [-0.3, -0.25) is 5.41 Å². The lowest BCUT2D eigenvalue weighted by Gasteiger charge is -2.05. The van der Waals surface area contributed by atoms with Crippen molar-refractivity contribution in [2.75, 3.05) is 5.73 Å². The van der Waals surface area contributed by atoms with Crippen molar-refractivity contribution in [3.63, 3.8) is 0 Å². The molecule has 0 amide bonds. The minimum atomic E-state index is -0.107. The number of nitrogen functional groups attached to an aromatic ring is 2. The lowest BCUT2D eigenvalue weighted by atomic mass is 10.2. The molecule has 0 aliphatic rings. The summed E-state index contributed by atoms with van der Waals surface area (Å²) >= 11 is 0. The van der Waals surface area contributed by atoms with Gasteiger partial charge in [0.2, 0.25) is 0 Å². The molecule has 2 aromatic rings. The van der Waals surface area contributed by atoms with Gasteiger partial charge in [-0.1, -0.05) is 30.3 Å². The summed E-state index contributed by atoms with van der Waals surface area (Å²) < 4.78 is 1.77. The zero-order valence-electron chi connectivity index (χ0n) is 9.13. The van der Waals surface area contributed by atoms with Crippen molar-refractivity contribution >= 4 is 24.1 Å². The van der Waals surface area contributed by atoms with Gasteiger partial charge >= 0.3 is 0 Å². The van der Waals surface area contributed by atoms with E-state index in [1.165, 1.54) is 0 Å². The smallest absolute Gasteiger partial charge is 0.146 e. The highest BCUT2D eigenvalue weighted by Crippen LogP contribution is 2.11. The maximum atomic E-state index is 7.29. The van der Waals surface area contributed by atoms with Crippen molar-refractivity contribution in [3.8, 4) is 0 Å². The molecule has 1 heterocycles. The third kappa shape index (κ3) is 2.76. The molecule has 0 unspecified atom stereocenters. The summed E-state index contributed by atoms with van der Waals surface area (Å²) in [6.45, 7) is 0.632. The van der Waals surface area contributed by atoms with Crippen molar-refractivity contribution in [2.24, 2.45) is 5.73 Å². The average Bonchev–Trinajstić information content (AvgIpc) is 2.62. The van der Waals surface area contributed by atoms with Crippen LogP contribution < -0.4 is 11.5 Å². The van der Waals surface area contributed by atoms with E-state index < -0.39 is 0 Å². The van der Waals surface area contributed by atoms with Crippen LogP contribution in [0.4, 0.5) is 5.82 Å². The van der Waals surface area contributed by atoms with Crippen molar-refractivity contribution in [2.45, 2.75) is 6.54 Å². The van der Waals surface area contributed by atoms with E-state index in [4.69, 9.17) is 16.9 Å². The van der Waals surface area contributed by atoms with Gasteiger partial charge in [0.05, 0.1) is 12.9 Å². The summed E-state index contributed by atoms with van der Waals surface area (Å²) in [7, 11) is 0. The lowest BCUT2D eigenvalue weighted by molar-refractivity contribution is 0.808. The van der Waals surface area contributed by atoms with Crippen molar-refractivity contribution in [3.05, 3.63) is 47.9 Å². The van der Waals surface area contributed by atoms with Gasteiger partial charge in [-0.15, -0.1) is 12.4 Å². The van der Waals surface area contributed by atoms with E-state index in [9.17, 15) is 0 Å². The fraction of sp³-hybridized carbons (Fsp3) is 0.0909. The van der Waals surface area contributed by atoms with E-state index in [1.807, 2.05) is 30.3 Å². The normalized spacial score (nSPS) is 9.65. The number of rotatable bonds is 3. The summed E-state index contributed by atoms with van der Waals surface area (Å²) in [5, 5.41) is 7.29. The number of halogens is 1. The number of imidazole rings is 1. The summed E-state index contributed by atoms with van der Waals surface area (Å²) in [4.78, 5) is 4.00. The summed E-state index contributed by atoms with van der Waals surface area (Å²) in [5.74, 6) is 0.320. The van der Waals surface area contributed by atoms with E-state index >= 15 is 0 Å². The molecule has 17 heavy (non-hydrogen) atoms. The molecule has 0 bridgehead atoms. The first-order valence-corrected chi connectivity index (χ1v) is 4.87. The zero-order chi connectivity index (χ0) is 11.5. The first-order chi connectivity index (χ1) is 7.68. The second-order valence-corrected chi connectivity index (χ2v) is 3.51. The van der Waals surface area contributed by atoms with Crippen LogP contribution in [0.15, 0.2) is 36.7 Å². The third-order valence-corrected chi connectivity index (χ3v) is 2.33. The molecule has 1 aromatic heterocycles. The quantitative estimate of drug-likeness (QED) is 0.566. The number of hydrogen-bond donors (Lipinski definition) is 3. The molecule has 5 nitrogen and oxygen atoms in total. The predicted octanol–water partition coefficient (Wildman–Crippen LogP) is 1.22. The molecule has 0 aliphatic carbocycles. The van der Waals surface area contributed by atoms with Crippen LogP contribution in [0.5, 0.6) is 0 Å². The second-order valence-electron chi connectivity index (χ2n) is 3.51. The zero-order valence-corrected chi connectivity index (χ0v) is 9.95. The minimum absolute atomic E-state index is 0. The molecule has 0 aliphatic heterocycles. The van der Waals surface area contributed by atoms with Gasteiger partial charge in [0.1, 0.15) is 17.3 Å². The highest BCUT2D eigenvalue weighted by Gasteiger charge is 2.09. The molecule has 0 saturated carbocycles. The van der Waals surface area contributed by atoms with E-state index in [-0.39, 0.29) is 18.2 Å². The Bertz CT molecular complexity index is 506. The van der Waals surface area contributed by atoms with Gasteiger partial charge in [0, 0.05) is 0 Å². The van der Waals surface area contributed by atoms with Crippen LogP contribution in [0.2, 0.25) is 0 Å². The Morgan fingerprint density at radius 2 is 1.94 bits per heavy atom. The second kappa shape index (κ2) is 5.36. The molecule has 5 N–H and O–H groups in total. The number of nitrogens with two attached hydrogens (primary N) is 2. The SMILES string of the molecule is Cl.N=C(N)c1ncn(Cc2ccccc2)c1N. The molecule has 0 spiro atoms. The number of anilines is 1.